The molecule has 2 unspecified atom stereocenters. The second-order valence-corrected chi connectivity index (χ2v) is 4.70. The zero-order valence-corrected chi connectivity index (χ0v) is 12.2. The summed E-state index contributed by atoms with van der Waals surface area (Å²) < 4.78 is 5.13. The Morgan fingerprint density at radius 2 is 1.85 bits per heavy atom. The number of furan rings is 1. The normalized spacial score (nSPS) is 13.6. The number of hydrogen-bond acceptors (Lipinski definition) is 4. The molecule has 0 aromatic carbocycles. The van der Waals surface area contributed by atoms with E-state index in [1.165, 1.54) is 0 Å². The van der Waals surface area contributed by atoms with Gasteiger partial charge in [-0.15, -0.1) is 0 Å². The number of amides is 2. The van der Waals surface area contributed by atoms with Crippen LogP contribution in [0.1, 0.15) is 33.0 Å². The molecule has 3 N–H and O–H groups in total. The monoisotopic (exact) mass is 281 g/mol. The first-order valence-corrected chi connectivity index (χ1v) is 6.88. The highest BCUT2D eigenvalue weighted by atomic mass is 16.3. The Hall–Kier alpha value is -1.82. The standard InChI is InChI=1S/C14H23N3O3/c1-4-7-15-13(18)10(2)17-11(3)14(19)16-9-12-6-5-8-20-12/h5-6,8,10-11,17H,4,7,9H2,1-3H3,(H,15,18)(H,16,19). The molecular formula is C14H23N3O3. The lowest BCUT2D eigenvalue weighted by Crippen LogP contribution is -2.51. The van der Waals surface area contributed by atoms with Crippen LogP contribution in [0.2, 0.25) is 0 Å². The van der Waals surface area contributed by atoms with Crippen molar-refractivity contribution >= 4 is 11.8 Å². The van der Waals surface area contributed by atoms with Crippen molar-refractivity contribution in [2.24, 2.45) is 0 Å². The lowest BCUT2D eigenvalue weighted by Gasteiger charge is -2.19. The maximum Gasteiger partial charge on any atom is 0.237 e. The molecule has 1 aromatic rings. The number of nitrogens with one attached hydrogen (secondary N) is 3. The van der Waals surface area contributed by atoms with E-state index in [2.05, 4.69) is 16.0 Å². The summed E-state index contributed by atoms with van der Waals surface area (Å²) >= 11 is 0. The SMILES string of the molecule is CCCNC(=O)C(C)NC(C)C(=O)NCc1ccco1. The zero-order chi connectivity index (χ0) is 15.0. The van der Waals surface area contributed by atoms with Crippen LogP contribution >= 0.6 is 0 Å². The van der Waals surface area contributed by atoms with Gasteiger partial charge in [0.25, 0.3) is 0 Å². The van der Waals surface area contributed by atoms with Crippen LogP contribution in [0.25, 0.3) is 0 Å². The molecule has 1 heterocycles. The van der Waals surface area contributed by atoms with Gasteiger partial charge in [-0.2, -0.15) is 0 Å². The number of hydrogen-bond donors (Lipinski definition) is 3. The van der Waals surface area contributed by atoms with Gasteiger partial charge in [-0.3, -0.25) is 14.9 Å². The molecule has 0 bridgehead atoms. The van der Waals surface area contributed by atoms with Gasteiger partial charge in [0.15, 0.2) is 0 Å². The van der Waals surface area contributed by atoms with Gasteiger partial charge in [0.1, 0.15) is 5.76 Å². The van der Waals surface area contributed by atoms with Gasteiger partial charge in [-0.05, 0) is 32.4 Å². The van der Waals surface area contributed by atoms with Crippen LogP contribution in [0.4, 0.5) is 0 Å². The summed E-state index contributed by atoms with van der Waals surface area (Å²) in [6.07, 6.45) is 2.45. The second kappa shape index (κ2) is 8.37. The van der Waals surface area contributed by atoms with Crippen LogP contribution in [0.5, 0.6) is 0 Å². The molecule has 1 rings (SSSR count). The smallest absolute Gasteiger partial charge is 0.237 e. The fourth-order valence-electron chi connectivity index (χ4n) is 1.67. The van der Waals surface area contributed by atoms with Crippen molar-refractivity contribution in [2.75, 3.05) is 6.54 Å². The number of carbonyl (C=O) groups is 2. The third-order valence-corrected chi connectivity index (χ3v) is 2.85. The Labute approximate surface area is 119 Å². The average molecular weight is 281 g/mol. The number of rotatable bonds is 8. The zero-order valence-electron chi connectivity index (χ0n) is 12.2. The topological polar surface area (TPSA) is 83.4 Å². The fourth-order valence-corrected chi connectivity index (χ4v) is 1.67. The predicted molar refractivity (Wildman–Crippen MR) is 75.9 cm³/mol. The van der Waals surface area contributed by atoms with Crippen molar-refractivity contribution in [1.82, 2.24) is 16.0 Å². The van der Waals surface area contributed by atoms with Crippen molar-refractivity contribution in [3.63, 3.8) is 0 Å². The second-order valence-electron chi connectivity index (χ2n) is 4.70. The lowest BCUT2D eigenvalue weighted by atomic mass is 10.2. The third-order valence-electron chi connectivity index (χ3n) is 2.85. The van der Waals surface area contributed by atoms with Crippen LogP contribution in [0.15, 0.2) is 22.8 Å². The number of carbonyl (C=O) groups excluding carboxylic acids is 2. The van der Waals surface area contributed by atoms with E-state index in [0.717, 1.165) is 6.42 Å². The molecule has 0 fully saturated rings. The fraction of sp³-hybridized carbons (Fsp3) is 0.571. The van der Waals surface area contributed by atoms with Crippen molar-refractivity contribution in [3.8, 4) is 0 Å². The van der Waals surface area contributed by atoms with Gasteiger partial charge >= 0.3 is 0 Å². The van der Waals surface area contributed by atoms with Gasteiger partial charge in [0, 0.05) is 6.54 Å². The summed E-state index contributed by atoms with van der Waals surface area (Å²) in [4.78, 5) is 23.5. The minimum atomic E-state index is -0.452. The largest absolute Gasteiger partial charge is 0.467 e. The quantitative estimate of drug-likeness (QED) is 0.658. The van der Waals surface area contributed by atoms with Gasteiger partial charge < -0.3 is 15.1 Å². The molecule has 0 aliphatic rings. The molecule has 0 spiro atoms. The van der Waals surface area contributed by atoms with E-state index in [1.54, 1.807) is 32.2 Å². The molecule has 0 saturated heterocycles. The van der Waals surface area contributed by atoms with Crippen molar-refractivity contribution in [1.29, 1.82) is 0 Å². The van der Waals surface area contributed by atoms with Crippen LogP contribution in [0, 0.1) is 0 Å². The summed E-state index contributed by atoms with van der Waals surface area (Å²) in [5, 5.41) is 8.49. The maximum absolute atomic E-state index is 11.9. The van der Waals surface area contributed by atoms with Gasteiger partial charge in [-0.25, -0.2) is 0 Å². The summed E-state index contributed by atoms with van der Waals surface area (Å²) in [6, 6.07) is 2.70. The van der Waals surface area contributed by atoms with Gasteiger partial charge in [0.2, 0.25) is 11.8 Å². The minimum Gasteiger partial charge on any atom is -0.467 e. The molecule has 0 aliphatic carbocycles. The Kier molecular flexibility index (Phi) is 6.79. The molecule has 2 atom stereocenters. The van der Waals surface area contributed by atoms with E-state index < -0.39 is 12.1 Å². The first kappa shape index (κ1) is 16.2. The Morgan fingerprint density at radius 3 is 2.40 bits per heavy atom. The first-order valence-electron chi connectivity index (χ1n) is 6.88. The highest BCUT2D eigenvalue weighted by molar-refractivity contribution is 5.84. The molecule has 0 radical (unpaired) electrons. The lowest BCUT2D eigenvalue weighted by molar-refractivity contribution is -0.125. The molecule has 6 nitrogen and oxygen atoms in total. The van der Waals surface area contributed by atoms with Gasteiger partial charge in [-0.1, -0.05) is 6.92 Å². The molecule has 1 aromatic heterocycles. The van der Waals surface area contributed by atoms with E-state index in [-0.39, 0.29) is 11.8 Å². The molecule has 0 saturated carbocycles. The summed E-state index contributed by atoms with van der Waals surface area (Å²) in [7, 11) is 0. The van der Waals surface area contributed by atoms with E-state index in [1.807, 2.05) is 6.92 Å². The molecule has 0 aliphatic heterocycles. The van der Waals surface area contributed by atoms with Crippen LogP contribution < -0.4 is 16.0 Å². The Balaban J connectivity index is 2.31. The van der Waals surface area contributed by atoms with Crippen molar-refractivity contribution in [3.05, 3.63) is 24.2 Å². The van der Waals surface area contributed by atoms with E-state index in [4.69, 9.17) is 4.42 Å². The van der Waals surface area contributed by atoms with Gasteiger partial charge in [0.05, 0.1) is 24.9 Å². The van der Waals surface area contributed by atoms with Crippen LogP contribution in [-0.4, -0.2) is 30.4 Å². The van der Waals surface area contributed by atoms with E-state index in [9.17, 15) is 9.59 Å². The van der Waals surface area contributed by atoms with E-state index in [0.29, 0.717) is 18.8 Å². The maximum atomic E-state index is 11.9. The molecule has 2 amide bonds. The third kappa shape index (κ3) is 5.44. The first-order chi connectivity index (χ1) is 9.54. The summed E-state index contributed by atoms with van der Waals surface area (Å²) in [6.45, 7) is 6.43. The molecular weight excluding hydrogens is 258 g/mol. The molecule has 6 heteroatoms. The molecule has 20 heavy (non-hydrogen) atoms. The van der Waals surface area contributed by atoms with Crippen LogP contribution in [0.3, 0.4) is 0 Å². The Bertz CT molecular complexity index is 417. The van der Waals surface area contributed by atoms with Crippen molar-refractivity contribution < 1.29 is 14.0 Å². The van der Waals surface area contributed by atoms with Crippen molar-refractivity contribution in [2.45, 2.75) is 45.8 Å². The summed E-state index contributed by atoms with van der Waals surface area (Å²) in [5.74, 6) is 0.424. The van der Waals surface area contributed by atoms with Crippen LogP contribution in [-0.2, 0) is 16.1 Å². The minimum absolute atomic E-state index is 0.0995. The summed E-state index contributed by atoms with van der Waals surface area (Å²) in [5.41, 5.74) is 0. The molecule has 112 valence electrons. The Morgan fingerprint density at radius 1 is 1.20 bits per heavy atom. The highest BCUT2D eigenvalue weighted by Crippen LogP contribution is 1.99. The average Bonchev–Trinajstić information content (AvgIpc) is 2.95. The predicted octanol–water partition coefficient (Wildman–Crippen LogP) is 0.789. The van der Waals surface area contributed by atoms with E-state index >= 15 is 0 Å². The highest BCUT2D eigenvalue weighted by Gasteiger charge is 2.19.